The van der Waals surface area contributed by atoms with E-state index in [4.69, 9.17) is 27.0 Å². The van der Waals surface area contributed by atoms with Gasteiger partial charge in [0.1, 0.15) is 5.52 Å². The van der Waals surface area contributed by atoms with E-state index in [9.17, 15) is 0 Å². The Morgan fingerprint density at radius 1 is 1.38 bits per heavy atom. The Balaban J connectivity index is 2.32. The van der Waals surface area contributed by atoms with Crippen LogP contribution in [0.4, 0.5) is 0 Å². The molecule has 2 aromatic rings. The topological polar surface area (TPSA) is 73.0 Å². The molecule has 0 aliphatic carbocycles. The summed E-state index contributed by atoms with van der Waals surface area (Å²) >= 11 is 6.67. The van der Waals surface area contributed by atoms with Crippen molar-refractivity contribution in [3.63, 3.8) is 0 Å². The molecule has 2 unspecified atom stereocenters. The van der Waals surface area contributed by atoms with E-state index >= 15 is 0 Å². The summed E-state index contributed by atoms with van der Waals surface area (Å²) in [6, 6.07) is 9.90. The predicted molar refractivity (Wildman–Crippen MR) is 98.6 cm³/mol. The van der Waals surface area contributed by atoms with E-state index in [1.54, 1.807) is 4.68 Å². The molecule has 0 radical (unpaired) electrons. The molecule has 128 valence electrons. The number of para-hydroxylation sites is 1. The Morgan fingerprint density at radius 3 is 2.88 bits per heavy atom. The van der Waals surface area contributed by atoms with Crippen molar-refractivity contribution in [2.45, 2.75) is 38.2 Å². The average molecular weight is 364 g/mol. The summed E-state index contributed by atoms with van der Waals surface area (Å²) in [5.41, 5.74) is 1.69. The molecule has 2 rings (SSSR count). The van der Waals surface area contributed by atoms with Crippen LogP contribution in [0.1, 0.15) is 32.9 Å². The number of thioether (sulfide) groups is 1. The molecular weight excluding hydrogens is 344 g/mol. The van der Waals surface area contributed by atoms with Crippen molar-refractivity contribution >= 4 is 39.4 Å². The first-order valence-corrected chi connectivity index (χ1v) is 9.11. The highest BCUT2D eigenvalue weighted by Gasteiger charge is 2.28. The second-order valence-electron chi connectivity index (χ2n) is 4.90. The van der Waals surface area contributed by atoms with Crippen LogP contribution in [0.15, 0.2) is 24.3 Å². The number of aromatic nitrogens is 3. The number of nitrogens with zero attached hydrogens (tertiary/aromatic N) is 4. The first-order valence-electron chi connectivity index (χ1n) is 7.83. The minimum absolute atomic E-state index is 0.0891. The fourth-order valence-corrected chi connectivity index (χ4v) is 3.79. The molecule has 0 fully saturated rings. The minimum atomic E-state index is -0.376. The maximum atomic E-state index is 8.97. The van der Waals surface area contributed by atoms with E-state index in [-0.39, 0.29) is 11.5 Å². The lowest BCUT2D eigenvalue weighted by Gasteiger charge is -2.26. The molecule has 1 aromatic heterocycles. The van der Waals surface area contributed by atoms with E-state index in [1.807, 2.05) is 38.1 Å². The molecule has 0 saturated carbocycles. The van der Waals surface area contributed by atoms with E-state index in [0.717, 1.165) is 11.0 Å². The Labute approximate surface area is 151 Å². The summed E-state index contributed by atoms with van der Waals surface area (Å²) in [5, 5.41) is 17.3. The van der Waals surface area contributed by atoms with Gasteiger partial charge in [-0.15, -0.1) is 5.10 Å². The number of ether oxygens (including phenoxy) is 2. The molecule has 8 heteroatoms. The molecule has 1 aromatic carbocycles. The van der Waals surface area contributed by atoms with E-state index in [2.05, 4.69) is 16.4 Å². The van der Waals surface area contributed by atoms with Gasteiger partial charge < -0.3 is 9.47 Å². The van der Waals surface area contributed by atoms with Gasteiger partial charge in [0.25, 0.3) is 0 Å². The molecule has 0 spiro atoms. The zero-order valence-electron chi connectivity index (χ0n) is 13.7. The number of fused-ring (bicyclic) bond motifs is 1. The minimum Gasteiger partial charge on any atom is -0.479 e. The highest BCUT2D eigenvalue weighted by molar-refractivity contribution is 8.23. The molecule has 0 bridgehead atoms. The smallest absolute Gasteiger partial charge is 0.220 e. The Hall–Kier alpha value is -1.69. The summed E-state index contributed by atoms with van der Waals surface area (Å²) in [7, 11) is 0. The molecule has 0 saturated heterocycles. The predicted octanol–water partition coefficient (Wildman–Crippen LogP) is 3.69. The summed E-state index contributed by atoms with van der Waals surface area (Å²) in [4.78, 5) is 0. The van der Waals surface area contributed by atoms with Crippen LogP contribution in [-0.4, -0.2) is 37.8 Å². The molecule has 0 aliphatic heterocycles. The second-order valence-corrected chi connectivity index (χ2v) is 6.75. The first kappa shape index (κ1) is 18.6. The third kappa shape index (κ3) is 4.66. The summed E-state index contributed by atoms with van der Waals surface area (Å²) in [6.45, 7) is 4.85. The summed E-state index contributed by atoms with van der Waals surface area (Å²) < 4.78 is 13.6. The third-order valence-electron chi connectivity index (χ3n) is 3.32. The van der Waals surface area contributed by atoms with Gasteiger partial charge in [0.2, 0.25) is 4.38 Å². The van der Waals surface area contributed by atoms with Crippen LogP contribution in [0.5, 0.6) is 0 Å². The number of benzene rings is 1. The van der Waals surface area contributed by atoms with Crippen molar-refractivity contribution in [2.75, 3.05) is 13.2 Å². The number of rotatable bonds is 8. The zero-order chi connectivity index (χ0) is 17.4. The lowest BCUT2D eigenvalue weighted by Crippen LogP contribution is -2.27. The number of hydrogen-bond donors (Lipinski definition) is 0. The Kier molecular flexibility index (Phi) is 7.43. The molecule has 0 aliphatic rings. The maximum Gasteiger partial charge on any atom is 0.220 e. The van der Waals surface area contributed by atoms with Gasteiger partial charge in [0.15, 0.2) is 6.23 Å². The highest BCUT2D eigenvalue weighted by Crippen LogP contribution is 2.32. The Bertz CT molecular complexity index is 713. The lowest BCUT2D eigenvalue weighted by atomic mass is 10.2. The zero-order valence-corrected chi connectivity index (χ0v) is 15.3. The fourth-order valence-electron chi connectivity index (χ4n) is 2.32. The van der Waals surface area contributed by atoms with E-state index < -0.39 is 0 Å². The van der Waals surface area contributed by atoms with Gasteiger partial charge in [-0.1, -0.05) is 29.1 Å². The van der Waals surface area contributed by atoms with Crippen LogP contribution >= 0.6 is 24.0 Å². The molecular formula is C16H20N4O2S2. The van der Waals surface area contributed by atoms with Crippen molar-refractivity contribution in [3.8, 4) is 6.07 Å². The molecule has 0 N–H and O–H groups in total. The highest BCUT2D eigenvalue weighted by atomic mass is 32.2. The van der Waals surface area contributed by atoms with Crippen LogP contribution in [0, 0.1) is 11.3 Å². The van der Waals surface area contributed by atoms with Crippen LogP contribution in [0.3, 0.4) is 0 Å². The van der Waals surface area contributed by atoms with Gasteiger partial charge in [-0.2, -0.15) is 5.26 Å². The molecule has 6 nitrogen and oxygen atoms in total. The lowest BCUT2D eigenvalue weighted by molar-refractivity contribution is 0.00109. The van der Waals surface area contributed by atoms with Gasteiger partial charge in [-0.05, 0) is 44.6 Å². The van der Waals surface area contributed by atoms with Crippen molar-refractivity contribution in [2.24, 2.45) is 0 Å². The van der Waals surface area contributed by atoms with Gasteiger partial charge in [-0.25, -0.2) is 4.68 Å². The van der Waals surface area contributed by atoms with Crippen LogP contribution < -0.4 is 0 Å². The van der Waals surface area contributed by atoms with Crippen molar-refractivity contribution < 1.29 is 9.47 Å². The van der Waals surface area contributed by atoms with Gasteiger partial charge in [0.05, 0.1) is 23.4 Å². The fraction of sp³-hybridized carbons (Fsp3) is 0.500. The summed E-state index contributed by atoms with van der Waals surface area (Å²) in [5.74, 6) is 0. The SMILES string of the molecule is CCOC(=S)SC(CCC#N)C(OCC)n1nnc2ccccc21. The first-order chi connectivity index (χ1) is 11.7. The third-order valence-corrected chi connectivity index (χ3v) is 4.81. The molecule has 1 heterocycles. The van der Waals surface area contributed by atoms with E-state index in [1.165, 1.54) is 11.8 Å². The van der Waals surface area contributed by atoms with Crippen molar-refractivity contribution in [1.82, 2.24) is 15.0 Å². The normalized spacial score (nSPS) is 13.4. The molecule has 0 amide bonds. The van der Waals surface area contributed by atoms with Crippen molar-refractivity contribution in [3.05, 3.63) is 24.3 Å². The average Bonchev–Trinajstić information content (AvgIpc) is 3.01. The number of hydrogen-bond acceptors (Lipinski definition) is 7. The van der Waals surface area contributed by atoms with Crippen LogP contribution in [0.25, 0.3) is 11.0 Å². The monoisotopic (exact) mass is 364 g/mol. The summed E-state index contributed by atoms with van der Waals surface area (Å²) in [6.07, 6.45) is 0.648. The van der Waals surface area contributed by atoms with Gasteiger partial charge in [0, 0.05) is 13.0 Å². The standard InChI is InChI=1S/C16H20N4O2S2/c1-3-21-15(14(10-7-11-17)24-16(23)22-4-2)20-13-9-6-5-8-12(13)18-19-20/h5-6,8-9,14-15H,3-4,7,10H2,1-2H3. The van der Waals surface area contributed by atoms with Crippen molar-refractivity contribution in [1.29, 1.82) is 5.26 Å². The van der Waals surface area contributed by atoms with Gasteiger partial charge in [-0.3, -0.25) is 0 Å². The Morgan fingerprint density at radius 2 is 2.17 bits per heavy atom. The van der Waals surface area contributed by atoms with Crippen LogP contribution in [0.2, 0.25) is 0 Å². The number of nitriles is 1. The van der Waals surface area contributed by atoms with Gasteiger partial charge >= 0.3 is 0 Å². The second kappa shape index (κ2) is 9.57. The molecule has 24 heavy (non-hydrogen) atoms. The van der Waals surface area contributed by atoms with Crippen LogP contribution in [-0.2, 0) is 9.47 Å². The molecule has 2 atom stereocenters. The van der Waals surface area contributed by atoms with E-state index in [0.29, 0.717) is 30.4 Å². The largest absolute Gasteiger partial charge is 0.479 e. The maximum absolute atomic E-state index is 8.97. The quantitative estimate of drug-likeness (QED) is 0.661. The number of thiocarbonyl (C=S) groups is 1.